The molecular weight excluding hydrogens is 322 g/mol. The Hall–Kier alpha value is -2.05. The minimum Gasteiger partial charge on any atom is -0.302 e. The number of hydrogen-bond donors (Lipinski definition) is 0. The Morgan fingerprint density at radius 3 is 2.54 bits per heavy atom. The second-order valence-corrected chi connectivity index (χ2v) is 7.13. The number of fused-ring (bicyclic) bond motifs is 1. The van der Waals surface area contributed by atoms with Gasteiger partial charge in [-0.1, -0.05) is 48.6 Å². The summed E-state index contributed by atoms with van der Waals surface area (Å²) in [6, 6.07) is 9.89. The number of carbonyl (C=O) groups is 2. The van der Waals surface area contributed by atoms with Gasteiger partial charge in [0, 0.05) is 5.38 Å². The summed E-state index contributed by atoms with van der Waals surface area (Å²) in [5.74, 6) is -0.786. The molecule has 6 heteroatoms. The molecule has 24 heavy (non-hydrogen) atoms. The quantitative estimate of drug-likeness (QED) is 0.618. The van der Waals surface area contributed by atoms with Crippen LogP contribution in [-0.2, 0) is 17.9 Å². The number of carbonyl (C=O) groups excluding carboxylic acids is 2. The third-order valence-corrected chi connectivity index (χ3v) is 5.17. The molecule has 1 atom stereocenters. The molecule has 1 aliphatic rings. The van der Waals surface area contributed by atoms with Gasteiger partial charge in [-0.25, -0.2) is 9.59 Å². The predicted molar refractivity (Wildman–Crippen MR) is 93.9 cm³/mol. The average molecular weight is 344 g/mol. The Kier molecular flexibility index (Phi) is 4.78. The second kappa shape index (κ2) is 6.83. The van der Waals surface area contributed by atoms with E-state index in [9.17, 15) is 9.59 Å². The first kappa shape index (κ1) is 16.8. The van der Waals surface area contributed by atoms with E-state index in [1.54, 1.807) is 9.47 Å². The lowest BCUT2D eigenvalue weighted by atomic mass is 10.0. The highest BCUT2D eigenvalue weighted by Crippen LogP contribution is 2.28. The fourth-order valence-electron chi connectivity index (χ4n) is 3.01. The molecule has 2 aromatic rings. The molecule has 126 valence electrons. The lowest BCUT2D eigenvalue weighted by Crippen LogP contribution is -2.61. The van der Waals surface area contributed by atoms with Gasteiger partial charge in [0.1, 0.15) is 12.2 Å². The van der Waals surface area contributed by atoms with E-state index in [1.807, 2.05) is 61.6 Å². The van der Waals surface area contributed by atoms with Gasteiger partial charge in [0.15, 0.2) is 5.92 Å². The molecule has 1 unspecified atom stereocenters. The summed E-state index contributed by atoms with van der Waals surface area (Å²) in [6.07, 6.45) is 0.520. The van der Waals surface area contributed by atoms with Gasteiger partial charge in [-0.15, -0.1) is 0 Å². The minimum atomic E-state index is -0.596. The van der Waals surface area contributed by atoms with Gasteiger partial charge in [0.25, 0.3) is 0 Å². The average Bonchev–Trinajstić information content (AvgIpc) is 2.96. The number of nitrogens with zero attached hydrogens (tertiary/aromatic N) is 3. The summed E-state index contributed by atoms with van der Waals surface area (Å²) in [7, 11) is 3.95. The zero-order valence-corrected chi connectivity index (χ0v) is 15.0. The summed E-state index contributed by atoms with van der Waals surface area (Å²) in [5, 5.41) is 2.70. The molecule has 0 bridgehead atoms. The maximum absolute atomic E-state index is 12.9. The Bertz CT molecular complexity index is 755. The minimum absolute atomic E-state index is 0.0930. The van der Waals surface area contributed by atoms with E-state index in [4.69, 9.17) is 0 Å². The second-order valence-electron chi connectivity index (χ2n) is 6.29. The van der Waals surface area contributed by atoms with Gasteiger partial charge < -0.3 is 4.90 Å². The maximum atomic E-state index is 12.9. The third kappa shape index (κ3) is 2.99. The van der Waals surface area contributed by atoms with Gasteiger partial charge in [-0.3, -0.25) is 0 Å². The summed E-state index contributed by atoms with van der Waals surface area (Å²) >= 11 is 1.46. The molecular formula is C18H22N3O2S+. The Labute approximate surface area is 146 Å². The highest BCUT2D eigenvalue weighted by atomic mass is 32.1. The van der Waals surface area contributed by atoms with Crippen molar-refractivity contribution in [3.8, 4) is 0 Å². The van der Waals surface area contributed by atoms with Gasteiger partial charge in [-0.2, -0.15) is 9.47 Å². The van der Waals surface area contributed by atoms with Crippen LogP contribution in [0.4, 0.5) is 5.13 Å². The highest BCUT2D eigenvalue weighted by molar-refractivity contribution is 7.13. The van der Waals surface area contributed by atoms with Crippen molar-refractivity contribution in [3.63, 3.8) is 0 Å². The Balaban J connectivity index is 2.03. The van der Waals surface area contributed by atoms with Gasteiger partial charge in [-0.05, 0) is 26.1 Å². The molecule has 5 nitrogen and oxygen atoms in total. The Morgan fingerprint density at radius 2 is 1.92 bits per heavy atom. The standard InChI is InChI=1S/C18H22N3O2S/c1-4-15-16(22)20(10-13-8-6-5-7-9-13)18-21(17(15)23)14(12-24-18)11-19(2)3/h5-9,12,15H,4,10-11H2,1-3H3/q+1. The van der Waals surface area contributed by atoms with E-state index >= 15 is 0 Å². The van der Waals surface area contributed by atoms with E-state index in [0.717, 1.165) is 16.4 Å². The molecule has 1 aromatic heterocycles. The summed E-state index contributed by atoms with van der Waals surface area (Å²) in [5.41, 5.74) is 2.00. The van der Waals surface area contributed by atoms with E-state index in [-0.39, 0.29) is 11.8 Å². The smallest absolute Gasteiger partial charge is 0.302 e. The van der Waals surface area contributed by atoms with Gasteiger partial charge >= 0.3 is 16.9 Å². The summed E-state index contributed by atoms with van der Waals surface area (Å²) in [6.45, 7) is 3.06. The van der Waals surface area contributed by atoms with Crippen LogP contribution in [0.2, 0.25) is 0 Å². The number of aromatic nitrogens is 1. The third-order valence-electron chi connectivity index (χ3n) is 4.16. The molecule has 1 aliphatic heterocycles. The van der Waals surface area contributed by atoms with Crippen molar-refractivity contribution in [1.29, 1.82) is 0 Å². The topological polar surface area (TPSA) is 44.5 Å². The van der Waals surface area contributed by atoms with Crippen LogP contribution in [0.5, 0.6) is 0 Å². The molecule has 2 heterocycles. The number of thiazole rings is 1. The fourth-order valence-corrected chi connectivity index (χ4v) is 4.02. The predicted octanol–water partition coefficient (Wildman–Crippen LogP) is 2.31. The van der Waals surface area contributed by atoms with Crippen LogP contribution in [0.25, 0.3) is 0 Å². The number of amides is 1. The van der Waals surface area contributed by atoms with Crippen molar-refractivity contribution in [2.45, 2.75) is 26.4 Å². The lowest BCUT2D eigenvalue weighted by molar-refractivity contribution is -0.570. The SMILES string of the molecule is CCC1C(=O)N(Cc2ccccc2)c2scc(CN(C)C)[n+]2C1=O. The summed E-state index contributed by atoms with van der Waals surface area (Å²) < 4.78 is 1.74. The first-order chi connectivity index (χ1) is 11.5. The number of hydrogen-bond acceptors (Lipinski definition) is 4. The van der Waals surface area contributed by atoms with Crippen molar-refractivity contribution in [1.82, 2.24) is 4.90 Å². The largest absolute Gasteiger partial charge is 0.351 e. The molecule has 1 aromatic carbocycles. The molecule has 0 fully saturated rings. The van der Waals surface area contributed by atoms with Crippen molar-refractivity contribution in [2.75, 3.05) is 19.0 Å². The maximum Gasteiger partial charge on any atom is 0.351 e. The van der Waals surface area contributed by atoms with E-state index in [0.29, 0.717) is 19.5 Å². The molecule has 0 saturated carbocycles. The van der Waals surface area contributed by atoms with Crippen molar-refractivity contribution in [3.05, 3.63) is 47.0 Å². The van der Waals surface area contributed by atoms with Crippen LogP contribution < -0.4 is 9.47 Å². The fraction of sp³-hybridized carbons (Fsp3) is 0.389. The Morgan fingerprint density at radius 1 is 1.21 bits per heavy atom. The van der Waals surface area contributed by atoms with Crippen molar-refractivity contribution in [2.24, 2.45) is 5.92 Å². The van der Waals surface area contributed by atoms with Gasteiger partial charge in [0.2, 0.25) is 0 Å². The highest BCUT2D eigenvalue weighted by Gasteiger charge is 2.48. The van der Waals surface area contributed by atoms with Crippen LogP contribution >= 0.6 is 11.3 Å². The molecule has 1 amide bonds. The van der Waals surface area contributed by atoms with Gasteiger partial charge in [0.05, 0.1) is 6.54 Å². The van der Waals surface area contributed by atoms with Crippen LogP contribution in [0, 0.1) is 5.92 Å². The number of anilines is 1. The normalized spacial score (nSPS) is 17.5. The van der Waals surface area contributed by atoms with Crippen LogP contribution in [0.1, 0.15) is 29.4 Å². The zero-order chi connectivity index (χ0) is 17.3. The molecule has 3 rings (SSSR count). The molecule has 0 radical (unpaired) electrons. The lowest BCUT2D eigenvalue weighted by Gasteiger charge is -2.24. The zero-order valence-electron chi connectivity index (χ0n) is 14.2. The molecule has 0 N–H and O–H groups in total. The number of rotatable bonds is 5. The van der Waals surface area contributed by atoms with Crippen molar-refractivity contribution < 1.29 is 14.2 Å². The monoisotopic (exact) mass is 344 g/mol. The van der Waals surface area contributed by atoms with E-state index in [2.05, 4.69) is 0 Å². The first-order valence-electron chi connectivity index (χ1n) is 8.09. The number of benzene rings is 1. The van der Waals surface area contributed by atoms with Crippen LogP contribution in [-0.4, -0.2) is 30.8 Å². The molecule has 0 aliphatic carbocycles. The first-order valence-corrected chi connectivity index (χ1v) is 8.97. The van der Waals surface area contributed by atoms with Crippen LogP contribution in [0.15, 0.2) is 35.7 Å². The van der Waals surface area contributed by atoms with E-state index in [1.165, 1.54) is 11.3 Å². The van der Waals surface area contributed by atoms with Crippen molar-refractivity contribution >= 4 is 28.3 Å². The van der Waals surface area contributed by atoms with E-state index < -0.39 is 5.92 Å². The molecule has 0 spiro atoms. The summed E-state index contributed by atoms with van der Waals surface area (Å²) in [4.78, 5) is 29.5. The van der Waals surface area contributed by atoms with Crippen LogP contribution in [0.3, 0.4) is 0 Å². The molecule has 0 saturated heterocycles.